The van der Waals surface area contributed by atoms with E-state index in [1.54, 1.807) is 30.4 Å². The first kappa shape index (κ1) is 10.6. The van der Waals surface area contributed by atoms with Gasteiger partial charge in [0, 0.05) is 5.56 Å². The highest BCUT2D eigenvalue weighted by molar-refractivity contribution is 6.42. The predicted molar refractivity (Wildman–Crippen MR) is 56.2 cm³/mol. The molecule has 13 heavy (non-hydrogen) atoms. The van der Waals surface area contributed by atoms with Crippen molar-refractivity contribution in [2.75, 3.05) is 0 Å². The van der Waals surface area contributed by atoms with Crippen molar-refractivity contribution in [2.45, 2.75) is 13.0 Å². The van der Waals surface area contributed by atoms with Crippen molar-refractivity contribution < 1.29 is 5.11 Å². The molecule has 0 heterocycles. The third kappa shape index (κ3) is 2.47. The van der Waals surface area contributed by atoms with Crippen molar-refractivity contribution in [3.63, 3.8) is 0 Å². The highest BCUT2D eigenvalue weighted by atomic mass is 35.5. The lowest BCUT2D eigenvalue weighted by atomic mass is 10.1. The Bertz CT molecular complexity index is 321. The minimum atomic E-state index is -0.684. The highest BCUT2D eigenvalue weighted by Crippen LogP contribution is 2.30. The lowest BCUT2D eigenvalue weighted by molar-refractivity contribution is 0.228. The third-order valence-electron chi connectivity index (χ3n) is 1.67. The van der Waals surface area contributed by atoms with Crippen LogP contribution in [0.4, 0.5) is 0 Å². The molecule has 70 valence electrons. The minimum Gasteiger partial charge on any atom is -0.384 e. The van der Waals surface area contributed by atoms with Gasteiger partial charge < -0.3 is 5.11 Å². The zero-order valence-corrected chi connectivity index (χ0v) is 8.68. The van der Waals surface area contributed by atoms with Gasteiger partial charge in [0.25, 0.3) is 0 Å². The molecule has 1 rings (SSSR count). The van der Waals surface area contributed by atoms with Crippen LogP contribution in [0.15, 0.2) is 30.4 Å². The van der Waals surface area contributed by atoms with Gasteiger partial charge in [0.2, 0.25) is 0 Å². The Morgan fingerprint density at radius 2 is 2.08 bits per heavy atom. The van der Waals surface area contributed by atoms with E-state index in [0.29, 0.717) is 15.6 Å². The molecule has 0 fully saturated rings. The SMILES string of the molecule is CC=CC(O)c1cccc(Cl)c1Cl. The number of hydrogen-bond acceptors (Lipinski definition) is 1. The monoisotopic (exact) mass is 216 g/mol. The van der Waals surface area contributed by atoms with Gasteiger partial charge in [-0.2, -0.15) is 0 Å². The average Bonchev–Trinajstić information content (AvgIpc) is 2.10. The first-order chi connectivity index (χ1) is 6.16. The van der Waals surface area contributed by atoms with Crippen LogP contribution in [-0.4, -0.2) is 5.11 Å². The lowest BCUT2D eigenvalue weighted by Crippen LogP contribution is -1.93. The number of halogens is 2. The molecule has 1 N–H and O–H groups in total. The molecule has 0 aromatic heterocycles. The number of aliphatic hydroxyl groups excluding tert-OH is 1. The maximum absolute atomic E-state index is 9.60. The van der Waals surface area contributed by atoms with Crippen molar-refractivity contribution in [2.24, 2.45) is 0 Å². The first-order valence-electron chi connectivity index (χ1n) is 3.91. The van der Waals surface area contributed by atoms with Crippen LogP contribution in [0.25, 0.3) is 0 Å². The summed E-state index contributed by atoms with van der Waals surface area (Å²) in [6, 6.07) is 5.20. The summed E-state index contributed by atoms with van der Waals surface area (Å²) in [7, 11) is 0. The molecule has 0 bridgehead atoms. The molecule has 1 aromatic carbocycles. The van der Waals surface area contributed by atoms with E-state index < -0.39 is 6.10 Å². The summed E-state index contributed by atoms with van der Waals surface area (Å²) in [6.07, 6.45) is 2.73. The van der Waals surface area contributed by atoms with Crippen molar-refractivity contribution in [3.05, 3.63) is 46.0 Å². The van der Waals surface area contributed by atoms with Crippen molar-refractivity contribution in [1.82, 2.24) is 0 Å². The van der Waals surface area contributed by atoms with E-state index in [4.69, 9.17) is 23.2 Å². The van der Waals surface area contributed by atoms with Crippen molar-refractivity contribution in [1.29, 1.82) is 0 Å². The Morgan fingerprint density at radius 3 is 2.69 bits per heavy atom. The Kier molecular flexibility index (Phi) is 3.79. The zero-order valence-electron chi connectivity index (χ0n) is 7.17. The molecule has 0 aliphatic carbocycles. The molecular weight excluding hydrogens is 207 g/mol. The van der Waals surface area contributed by atoms with Gasteiger partial charge in [-0.05, 0) is 13.0 Å². The van der Waals surface area contributed by atoms with Crippen LogP contribution in [-0.2, 0) is 0 Å². The Hall–Kier alpha value is -0.500. The number of aliphatic hydroxyl groups is 1. The van der Waals surface area contributed by atoms with Gasteiger partial charge in [0.15, 0.2) is 0 Å². The van der Waals surface area contributed by atoms with Gasteiger partial charge in [0.1, 0.15) is 0 Å². The quantitative estimate of drug-likeness (QED) is 0.750. The normalized spacial score (nSPS) is 13.5. The van der Waals surface area contributed by atoms with E-state index in [9.17, 15) is 5.11 Å². The molecule has 0 aliphatic rings. The Morgan fingerprint density at radius 1 is 1.38 bits per heavy atom. The van der Waals surface area contributed by atoms with Gasteiger partial charge in [-0.15, -0.1) is 0 Å². The molecule has 1 aromatic rings. The Balaban J connectivity index is 3.07. The fraction of sp³-hybridized carbons (Fsp3) is 0.200. The Labute approximate surface area is 87.6 Å². The van der Waals surface area contributed by atoms with Gasteiger partial charge in [-0.3, -0.25) is 0 Å². The van der Waals surface area contributed by atoms with Crippen LogP contribution >= 0.6 is 23.2 Å². The number of rotatable bonds is 2. The van der Waals surface area contributed by atoms with Crippen LogP contribution in [0.2, 0.25) is 10.0 Å². The standard InChI is InChI=1S/C10H10Cl2O/c1-2-4-9(13)7-5-3-6-8(11)10(7)12/h2-6,9,13H,1H3. The molecule has 0 spiro atoms. The summed E-state index contributed by atoms with van der Waals surface area (Å²) < 4.78 is 0. The van der Waals surface area contributed by atoms with Crippen LogP contribution in [0, 0.1) is 0 Å². The van der Waals surface area contributed by atoms with Crippen LogP contribution < -0.4 is 0 Å². The molecule has 3 heteroatoms. The smallest absolute Gasteiger partial charge is 0.0986 e. The molecule has 0 aliphatic heterocycles. The molecule has 1 nitrogen and oxygen atoms in total. The van der Waals surface area contributed by atoms with Gasteiger partial charge >= 0.3 is 0 Å². The van der Waals surface area contributed by atoms with E-state index in [1.807, 2.05) is 6.92 Å². The molecule has 0 radical (unpaired) electrons. The molecular formula is C10H10Cl2O. The number of allylic oxidation sites excluding steroid dienone is 1. The maximum atomic E-state index is 9.60. The third-order valence-corrected chi connectivity index (χ3v) is 2.51. The zero-order chi connectivity index (χ0) is 9.84. The summed E-state index contributed by atoms with van der Waals surface area (Å²) in [5.74, 6) is 0. The van der Waals surface area contributed by atoms with Crippen LogP contribution in [0.3, 0.4) is 0 Å². The summed E-state index contributed by atoms with van der Waals surface area (Å²) in [6.45, 7) is 1.83. The fourth-order valence-electron chi connectivity index (χ4n) is 1.03. The summed E-state index contributed by atoms with van der Waals surface area (Å²) in [5, 5.41) is 10.5. The van der Waals surface area contributed by atoms with Gasteiger partial charge in [-0.25, -0.2) is 0 Å². The molecule has 0 saturated carbocycles. The fourth-order valence-corrected chi connectivity index (χ4v) is 1.45. The molecule has 1 unspecified atom stereocenters. The lowest BCUT2D eigenvalue weighted by Gasteiger charge is -2.08. The van der Waals surface area contributed by atoms with E-state index in [1.165, 1.54) is 0 Å². The topological polar surface area (TPSA) is 20.2 Å². The number of benzene rings is 1. The van der Waals surface area contributed by atoms with E-state index in [0.717, 1.165) is 0 Å². The van der Waals surface area contributed by atoms with E-state index in [2.05, 4.69) is 0 Å². The molecule has 0 amide bonds. The largest absolute Gasteiger partial charge is 0.384 e. The van der Waals surface area contributed by atoms with Crippen LogP contribution in [0.1, 0.15) is 18.6 Å². The summed E-state index contributed by atoms with van der Waals surface area (Å²) in [4.78, 5) is 0. The van der Waals surface area contributed by atoms with Gasteiger partial charge in [0.05, 0.1) is 16.1 Å². The minimum absolute atomic E-state index is 0.412. The maximum Gasteiger partial charge on any atom is 0.0986 e. The van der Waals surface area contributed by atoms with Gasteiger partial charge in [-0.1, -0.05) is 47.5 Å². The second kappa shape index (κ2) is 4.66. The van der Waals surface area contributed by atoms with E-state index in [-0.39, 0.29) is 0 Å². The summed E-state index contributed by atoms with van der Waals surface area (Å²) >= 11 is 11.7. The predicted octanol–water partition coefficient (Wildman–Crippen LogP) is 3.60. The number of hydrogen-bond donors (Lipinski definition) is 1. The highest BCUT2D eigenvalue weighted by Gasteiger charge is 2.09. The van der Waals surface area contributed by atoms with Crippen molar-refractivity contribution in [3.8, 4) is 0 Å². The van der Waals surface area contributed by atoms with Crippen LogP contribution in [0.5, 0.6) is 0 Å². The summed E-state index contributed by atoms with van der Waals surface area (Å²) in [5.41, 5.74) is 0.632. The second-order valence-electron chi connectivity index (χ2n) is 2.61. The average molecular weight is 217 g/mol. The molecule has 1 atom stereocenters. The second-order valence-corrected chi connectivity index (χ2v) is 3.40. The van der Waals surface area contributed by atoms with E-state index >= 15 is 0 Å². The first-order valence-corrected chi connectivity index (χ1v) is 4.67. The molecule has 0 saturated heterocycles. The van der Waals surface area contributed by atoms with Crippen molar-refractivity contribution >= 4 is 23.2 Å².